The molecule has 0 aliphatic carbocycles. The van der Waals surface area contributed by atoms with Crippen LogP contribution in [0.3, 0.4) is 0 Å². The van der Waals surface area contributed by atoms with Crippen LogP contribution in [0.4, 0.5) is 0 Å². The van der Waals surface area contributed by atoms with Gasteiger partial charge in [-0.2, -0.15) is 0 Å². The number of aliphatic carboxylic acids is 2. The Morgan fingerprint density at radius 2 is 1.63 bits per heavy atom. The number of carbonyl (C=O) groups excluding carboxylic acids is 1. The lowest BCUT2D eigenvalue weighted by Gasteiger charge is -2.08. The minimum absolute atomic E-state index is 0.165. The van der Waals surface area contributed by atoms with Gasteiger partial charge in [0.2, 0.25) is 0 Å². The summed E-state index contributed by atoms with van der Waals surface area (Å²) in [5.41, 5.74) is 5.07. The summed E-state index contributed by atoms with van der Waals surface area (Å²) in [6.07, 6.45) is 0.322. The Bertz CT molecular complexity index is 1020. The first-order chi connectivity index (χ1) is 14.2. The van der Waals surface area contributed by atoms with Gasteiger partial charge in [-0.25, -0.2) is 0 Å². The van der Waals surface area contributed by atoms with E-state index in [9.17, 15) is 14.7 Å². The Balaban J connectivity index is 0.000000222. The van der Waals surface area contributed by atoms with Gasteiger partial charge in [0.25, 0.3) is 0 Å². The fourth-order valence-corrected chi connectivity index (χ4v) is 2.78. The second-order valence-corrected chi connectivity index (χ2v) is 6.92. The third kappa shape index (κ3) is 6.22. The molecule has 0 aromatic heterocycles. The third-order valence-electron chi connectivity index (χ3n) is 4.69. The summed E-state index contributed by atoms with van der Waals surface area (Å²) in [4.78, 5) is 21.3. The number of aromatic hydroxyl groups is 1. The van der Waals surface area contributed by atoms with Crippen molar-refractivity contribution in [1.29, 1.82) is 0 Å². The van der Waals surface area contributed by atoms with Crippen LogP contribution >= 0.6 is 0 Å². The molecule has 0 radical (unpaired) electrons. The van der Waals surface area contributed by atoms with Crippen molar-refractivity contribution in [3.63, 3.8) is 0 Å². The summed E-state index contributed by atoms with van der Waals surface area (Å²) in [6.45, 7) is 1.69. The smallest absolute Gasteiger partial charge is 0.310 e. The van der Waals surface area contributed by atoms with Crippen LogP contribution in [0.15, 0.2) is 60.7 Å². The summed E-state index contributed by atoms with van der Waals surface area (Å²) in [5, 5.41) is 30.3. The predicted octanol–water partition coefficient (Wildman–Crippen LogP) is 1.33. The highest BCUT2D eigenvalue weighted by Gasteiger charge is 2.13. The Morgan fingerprint density at radius 3 is 2.20 bits per heavy atom. The number of phenolic OH excluding ortho intramolecular Hbond substituents is 1. The van der Waals surface area contributed by atoms with Gasteiger partial charge in [0, 0.05) is 6.42 Å². The number of rotatable bonds is 6. The molecule has 0 fully saturated rings. The summed E-state index contributed by atoms with van der Waals surface area (Å²) in [6, 6.07) is 17.0. The largest absolute Gasteiger partial charge is 0.544 e. The van der Waals surface area contributed by atoms with E-state index in [0.29, 0.717) is 6.42 Å². The molecule has 3 rings (SSSR count). The lowest BCUT2D eigenvalue weighted by molar-refractivity contribution is -0.437. The van der Waals surface area contributed by atoms with E-state index >= 15 is 0 Å². The van der Waals surface area contributed by atoms with Gasteiger partial charge in [0.15, 0.2) is 0 Å². The average molecular weight is 411 g/mol. The molecule has 0 saturated carbocycles. The predicted molar refractivity (Wildman–Crippen MR) is 110 cm³/mol. The molecule has 0 amide bonds. The number of phenols is 1. The van der Waals surface area contributed by atoms with Crippen LogP contribution in [0.2, 0.25) is 0 Å². The van der Waals surface area contributed by atoms with Crippen LogP contribution in [-0.4, -0.2) is 35.3 Å². The number of ether oxygens (including phenoxy) is 1. The molecule has 0 aliphatic heterocycles. The number of hydrogen-bond acceptors (Lipinski definition) is 5. The monoisotopic (exact) mass is 411 g/mol. The summed E-state index contributed by atoms with van der Waals surface area (Å²) >= 11 is 0. The van der Waals surface area contributed by atoms with Crippen LogP contribution in [0.5, 0.6) is 11.5 Å². The maximum atomic E-state index is 10.9. The molecular weight excluding hydrogens is 386 g/mol. The fourth-order valence-electron chi connectivity index (χ4n) is 2.78. The highest BCUT2D eigenvalue weighted by molar-refractivity contribution is 5.86. The van der Waals surface area contributed by atoms with E-state index in [2.05, 4.69) is 5.73 Å². The zero-order valence-corrected chi connectivity index (χ0v) is 16.9. The number of carboxylic acid groups (broad SMARTS) is 2. The molecule has 7 heteroatoms. The number of methoxy groups -OCH3 is 1. The van der Waals surface area contributed by atoms with Gasteiger partial charge in [0.1, 0.15) is 17.5 Å². The first kappa shape index (κ1) is 22.7. The highest BCUT2D eigenvalue weighted by Crippen LogP contribution is 2.25. The minimum atomic E-state index is -1.16. The van der Waals surface area contributed by atoms with Crippen LogP contribution in [0, 0.1) is 0 Å². The van der Waals surface area contributed by atoms with Crippen molar-refractivity contribution in [3.8, 4) is 11.5 Å². The van der Waals surface area contributed by atoms with Gasteiger partial charge in [-0.05, 0) is 53.1 Å². The molecule has 0 spiro atoms. The number of fused-ring (bicyclic) bond motifs is 1. The van der Waals surface area contributed by atoms with Crippen LogP contribution in [0.1, 0.15) is 24.0 Å². The molecule has 3 aromatic rings. The molecule has 5 N–H and O–H groups in total. The Morgan fingerprint density at radius 1 is 1.03 bits per heavy atom. The molecule has 158 valence electrons. The van der Waals surface area contributed by atoms with E-state index in [4.69, 9.17) is 14.9 Å². The topological polar surface area (TPSA) is 135 Å². The van der Waals surface area contributed by atoms with Crippen molar-refractivity contribution < 1.29 is 35.4 Å². The van der Waals surface area contributed by atoms with E-state index in [1.165, 1.54) is 12.1 Å². The highest BCUT2D eigenvalue weighted by atomic mass is 16.5. The van der Waals surface area contributed by atoms with Crippen LogP contribution < -0.4 is 15.6 Å². The lowest BCUT2D eigenvalue weighted by atomic mass is 9.98. The Kier molecular flexibility index (Phi) is 7.77. The van der Waals surface area contributed by atoms with Crippen LogP contribution in [-0.2, 0) is 16.0 Å². The maximum Gasteiger partial charge on any atom is 0.310 e. The summed E-state index contributed by atoms with van der Waals surface area (Å²) in [7, 11) is 1.63. The first-order valence-electron chi connectivity index (χ1n) is 9.33. The average Bonchev–Trinajstić information content (AvgIpc) is 2.74. The molecule has 0 bridgehead atoms. The van der Waals surface area contributed by atoms with E-state index in [1.807, 2.05) is 36.4 Å². The number of carbonyl (C=O) groups is 2. The first-order valence-corrected chi connectivity index (χ1v) is 9.33. The SMILES string of the molecule is COc1ccc2cc([C@H](C)C(=O)O)ccc2c1.[NH3+][C@H](Cc1ccc(O)cc1)C(=O)[O-]. The quantitative estimate of drug-likeness (QED) is 0.560. The molecule has 0 aliphatic rings. The Hall–Kier alpha value is -3.58. The number of quaternary nitrogens is 1. The zero-order chi connectivity index (χ0) is 22.3. The molecule has 30 heavy (non-hydrogen) atoms. The van der Waals surface area contributed by atoms with Crippen molar-refractivity contribution in [2.45, 2.75) is 25.3 Å². The molecule has 2 atom stereocenters. The number of carboxylic acids is 2. The Labute approximate surface area is 174 Å². The van der Waals surface area contributed by atoms with Crippen LogP contribution in [0.25, 0.3) is 10.8 Å². The fraction of sp³-hybridized carbons (Fsp3) is 0.217. The van der Waals surface area contributed by atoms with E-state index in [-0.39, 0.29) is 5.75 Å². The van der Waals surface area contributed by atoms with Crippen molar-refractivity contribution in [1.82, 2.24) is 0 Å². The molecule has 0 unspecified atom stereocenters. The molecular formula is C23H25NO6. The lowest BCUT2D eigenvalue weighted by Crippen LogP contribution is -2.69. The van der Waals surface area contributed by atoms with Crippen molar-refractivity contribution in [2.24, 2.45) is 0 Å². The normalized spacial score (nSPS) is 12.4. The van der Waals surface area contributed by atoms with Crippen molar-refractivity contribution >= 4 is 22.7 Å². The minimum Gasteiger partial charge on any atom is -0.544 e. The van der Waals surface area contributed by atoms with Crippen molar-refractivity contribution in [2.75, 3.05) is 7.11 Å². The molecule has 7 nitrogen and oxygen atoms in total. The van der Waals surface area contributed by atoms with Crippen molar-refractivity contribution in [3.05, 3.63) is 71.8 Å². The molecule has 0 heterocycles. The van der Waals surface area contributed by atoms with E-state index < -0.39 is 23.9 Å². The zero-order valence-electron chi connectivity index (χ0n) is 16.9. The summed E-state index contributed by atoms with van der Waals surface area (Å²) < 4.78 is 5.14. The van der Waals surface area contributed by atoms with Gasteiger partial charge >= 0.3 is 5.97 Å². The number of hydrogen-bond donors (Lipinski definition) is 3. The summed E-state index contributed by atoms with van der Waals surface area (Å²) in [5.74, 6) is -1.48. The molecule has 0 saturated heterocycles. The van der Waals surface area contributed by atoms with E-state index in [1.54, 1.807) is 26.2 Å². The van der Waals surface area contributed by atoms with Gasteiger partial charge in [-0.15, -0.1) is 0 Å². The standard InChI is InChI=1S/C14H14O3.C9H11NO3/c1-9(14(15)16)10-3-4-12-8-13(17-2)6-5-11(12)7-10;10-8(9(12)13)5-6-1-3-7(11)4-2-6/h3-9H,1-2H3,(H,15,16);1-4,8,11H,5,10H2,(H,12,13)/t9-;8-/m01/s1. The van der Waals surface area contributed by atoms with E-state index in [0.717, 1.165) is 27.6 Å². The second-order valence-electron chi connectivity index (χ2n) is 6.92. The van der Waals surface area contributed by atoms with Gasteiger partial charge in [-0.1, -0.05) is 36.4 Å². The van der Waals surface area contributed by atoms with Gasteiger partial charge in [-0.3, -0.25) is 4.79 Å². The molecule has 3 aromatic carbocycles. The maximum absolute atomic E-state index is 10.9. The van der Waals surface area contributed by atoms with Gasteiger partial charge in [0.05, 0.1) is 19.0 Å². The van der Waals surface area contributed by atoms with Gasteiger partial charge < -0.3 is 30.6 Å². The number of benzene rings is 3. The third-order valence-corrected chi connectivity index (χ3v) is 4.69. The second kappa shape index (κ2) is 10.3.